The van der Waals surface area contributed by atoms with Gasteiger partial charge in [0.1, 0.15) is 11.3 Å². The average Bonchev–Trinajstić information content (AvgIpc) is 2.36. The fourth-order valence-corrected chi connectivity index (χ4v) is 1.26. The minimum Gasteiger partial charge on any atom is -0.481 e. The molecule has 8 nitrogen and oxygen atoms in total. The van der Waals surface area contributed by atoms with Gasteiger partial charge in [0.05, 0.1) is 11.5 Å². The molecule has 0 aliphatic heterocycles. The number of non-ortho nitro benzene ring substituents is 1. The highest BCUT2D eigenvalue weighted by molar-refractivity contribution is 5.91. The molecule has 1 aromatic carbocycles. The molecule has 0 unspecified atom stereocenters. The Balaban J connectivity index is 2.91. The van der Waals surface area contributed by atoms with E-state index in [1.54, 1.807) is 6.92 Å². The number of carbonyl (C=O) groups is 2. The van der Waals surface area contributed by atoms with Crippen LogP contribution in [0.1, 0.15) is 17.3 Å². The summed E-state index contributed by atoms with van der Waals surface area (Å²) in [5.74, 6) is -2.18. The van der Waals surface area contributed by atoms with Crippen LogP contribution in [0.25, 0.3) is 0 Å². The van der Waals surface area contributed by atoms with E-state index in [0.717, 1.165) is 18.2 Å². The normalized spacial score (nSPS) is 9.74. The van der Waals surface area contributed by atoms with E-state index in [0.29, 0.717) is 0 Å². The van der Waals surface area contributed by atoms with Gasteiger partial charge in [-0.2, -0.15) is 0 Å². The van der Waals surface area contributed by atoms with Gasteiger partial charge in [0.15, 0.2) is 6.61 Å². The van der Waals surface area contributed by atoms with Crippen molar-refractivity contribution in [2.24, 2.45) is 0 Å². The number of ether oxygens (including phenoxy) is 2. The third-order valence-electron chi connectivity index (χ3n) is 2.06. The van der Waals surface area contributed by atoms with Crippen LogP contribution in [0.4, 0.5) is 5.69 Å². The van der Waals surface area contributed by atoms with Crippen molar-refractivity contribution >= 4 is 17.6 Å². The van der Waals surface area contributed by atoms with Gasteiger partial charge in [-0.05, 0) is 13.0 Å². The van der Waals surface area contributed by atoms with Crippen LogP contribution in [-0.4, -0.2) is 35.2 Å². The largest absolute Gasteiger partial charge is 0.481 e. The van der Waals surface area contributed by atoms with E-state index in [4.69, 9.17) is 9.84 Å². The van der Waals surface area contributed by atoms with E-state index < -0.39 is 29.0 Å². The Morgan fingerprint density at radius 3 is 2.63 bits per heavy atom. The molecular weight excluding hydrogens is 258 g/mol. The molecule has 0 bridgehead atoms. The molecule has 0 amide bonds. The maximum absolute atomic E-state index is 11.1. The van der Waals surface area contributed by atoms with Crippen LogP contribution in [0.2, 0.25) is 0 Å². The van der Waals surface area contributed by atoms with Crippen LogP contribution >= 0.6 is 0 Å². The molecule has 0 radical (unpaired) electrons. The lowest BCUT2D eigenvalue weighted by atomic mass is 10.2. The predicted molar refractivity (Wildman–Crippen MR) is 62.2 cm³/mol. The number of carbonyl (C=O) groups excluding carboxylic acids is 1. The number of benzene rings is 1. The number of nitro groups is 1. The lowest BCUT2D eigenvalue weighted by Crippen LogP contribution is -2.16. The quantitative estimate of drug-likeness (QED) is 0.469. The Morgan fingerprint density at radius 2 is 2.11 bits per heavy atom. The lowest BCUT2D eigenvalue weighted by molar-refractivity contribution is -0.384. The molecule has 0 heterocycles. The molecule has 0 saturated heterocycles. The summed E-state index contributed by atoms with van der Waals surface area (Å²) in [6, 6.07) is 3.08. The van der Waals surface area contributed by atoms with Gasteiger partial charge in [-0.3, -0.25) is 10.1 Å². The summed E-state index contributed by atoms with van der Waals surface area (Å²) in [6.07, 6.45) is 0. The highest BCUT2D eigenvalue weighted by atomic mass is 16.6. The minimum absolute atomic E-state index is 0.133. The van der Waals surface area contributed by atoms with Crippen LogP contribution in [0, 0.1) is 10.1 Å². The monoisotopic (exact) mass is 269 g/mol. The summed E-state index contributed by atoms with van der Waals surface area (Å²) in [5.41, 5.74) is -0.764. The summed E-state index contributed by atoms with van der Waals surface area (Å²) in [4.78, 5) is 31.8. The van der Waals surface area contributed by atoms with Gasteiger partial charge in [-0.15, -0.1) is 0 Å². The first-order valence-corrected chi connectivity index (χ1v) is 5.25. The number of hydrogen-bond donors (Lipinski definition) is 1. The second-order valence-electron chi connectivity index (χ2n) is 3.34. The van der Waals surface area contributed by atoms with E-state index in [2.05, 4.69) is 4.74 Å². The van der Waals surface area contributed by atoms with E-state index >= 15 is 0 Å². The zero-order valence-corrected chi connectivity index (χ0v) is 9.99. The van der Waals surface area contributed by atoms with E-state index in [1.165, 1.54) is 0 Å². The third kappa shape index (κ3) is 3.95. The highest BCUT2D eigenvalue weighted by Crippen LogP contribution is 2.24. The summed E-state index contributed by atoms with van der Waals surface area (Å²) in [5, 5.41) is 19.5. The maximum atomic E-state index is 11.1. The zero-order chi connectivity index (χ0) is 14.4. The molecule has 102 valence electrons. The van der Waals surface area contributed by atoms with Gasteiger partial charge in [0.25, 0.3) is 5.69 Å². The molecule has 1 aromatic rings. The average molecular weight is 269 g/mol. The topological polar surface area (TPSA) is 116 Å². The van der Waals surface area contributed by atoms with Crippen LogP contribution in [0.15, 0.2) is 18.2 Å². The number of rotatable bonds is 6. The number of carboxylic acids is 1. The van der Waals surface area contributed by atoms with Crippen molar-refractivity contribution in [3.63, 3.8) is 0 Å². The predicted octanol–water partition coefficient (Wildman–Crippen LogP) is 1.23. The van der Waals surface area contributed by atoms with Crippen molar-refractivity contribution in [1.82, 2.24) is 0 Å². The standard InChI is InChI=1S/C11H11NO7/c1-2-18-10(13)6-19-9-4-3-7(12(16)17)5-8(9)11(14)15/h3-5H,2,6H2,1H3,(H,14,15). The molecule has 0 aromatic heterocycles. The Hall–Kier alpha value is -2.64. The van der Waals surface area contributed by atoms with Gasteiger partial charge in [0, 0.05) is 12.1 Å². The Labute approximate surface area is 107 Å². The van der Waals surface area contributed by atoms with E-state index in [9.17, 15) is 19.7 Å². The van der Waals surface area contributed by atoms with E-state index in [1.807, 2.05) is 0 Å². The zero-order valence-electron chi connectivity index (χ0n) is 9.99. The Morgan fingerprint density at radius 1 is 1.42 bits per heavy atom. The number of carboxylic acid groups (broad SMARTS) is 1. The summed E-state index contributed by atoms with van der Waals surface area (Å²) in [6.45, 7) is 1.33. The van der Waals surface area contributed by atoms with Crippen molar-refractivity contribution in [1.29, 1.82) is 0 Å². The molecular formula is C11H11NO7. The van der Waals surface area contributed by atoms with Crippen LogP contribution < -0.4 is 4.74 Å². The highest BCUT2D eigenvalue weighted by Gasteiger charge is 2.18. The molecule has 0 fully saturated rings. The lowest BCUT2D eigenvalue weighted by Gasteiger charge is -2.08. The van der Waals surface area contributed by atoms with Gasteiger partial charge >= 0.3 is 11.9 Å². The van der Waals surface area contributed by atoms with Gasteiger partial charge in [-0.1, -0.05) is 0 Å². The molecule has 1 rings (SSSR count). The summed E-state index contributed by atoms with van der Waals surface area (Å²) in [7, 11) is 0. The number of nitrogens with zero attached hydrogens (tertiary/aromatic N) is 1. The molecule has 0 aliphatic rings. The van der Waals surface area contributed by atoms with Gasteiger partial charge in [0.2, 0.25) is 0 Å². The first-order chi connectivity index (χ1) is 8.95. The fourth-order valence-electron chi connectivity index (χ4n) is 1.26. The number of aromatic carboxylic acids is 1. The summed E-state index contributed by atoms with van der Waals surface area (Å²) >= 11 is 0. The molecule has 0 aliphatic carbocycles. The van der Waals surface area contributed by atoms with Gasteiger partial charge < -0.3 is 14.6 Å². The first-order valence-electron chi connectivity index (χ1n) is 5.25. The van der Waals surface area contributed by atoms with Crippen LogP contribution in [0.3, 0.4) is 0 Å². The van der Waals surface area contributed by atoms with Crippen molar-refractivity contribution in [3.05, 3.63) is 33.9 Å². The second kappa shape index (κ2) is 6.34. The maximum Gasteiger partial charge on any atom is 0.344 e. The number of hydrogen-bond acceptors (Lipinski definition) is 6. The second-order valence-corrected chi connectivity index (χ2v) is 3.34. The third-order valence-corrected chi connectivity index (χ3v) is 2.06. The molecule has 0 spiro atoms. The first kappa shape index (κ1) is 14.4. The van der Waals surface area contributed by atoms with Crippen molar-refractivity contribution in [3.8, 4) is 5.75 Å². The Bertz CT molecular complexity index is 512. The molecule has 8 heteroatoms. The van der Waals surface area contributed by atoms with Crippen molar-refractivity contribution in [2.45, 2.75) is 6.92 Å². The SMILES string of the molecule is CCOC(=O)COc1ccc([N+](=O)[O-])cc1C(=O)O. The Kier molecular flexibility index (Phi) is 4.81. The van der Waals surface area contributed by atoms with E-state index in [-0.39, 0.29) is 18.0 Å². The van der Waals surface area contributed by atoms with Crippen LogP contribution in [0.5, 0.6) is 5.75 Å². The number of nitro benzene ring substituents is 1. The fraction of sp³-hybridized carbons (Fsp3) is 0.273. The molecule has 1 N–H and O–H groups in total. The molecule has 19 heavy (non-hydrogen) atoms. The molecule has 0 saturated carbocycles. The smallest absolute Gasteiger partial charge is 0.344 e. The molecule has 0 atom stereocenters. The van der Waals surface area contributed by atoms with Crippen molar-refractivity contribution in [2.75, 3.05) is 13.2 Å². The van der Waals surface area contributed by atoms with Crippen LogP contribution in [-0.2, 0) is 9.53 Å². The van der Waals surface area contributed by atoms with Gasteiger partial charge in [-0.25, -0.2) is 9.59 Å². The minimum atomic E-state index is -1.39. The summed E-state index contributed by atoms with van der Waals surface area (Å²) < 4.78 is 9.58. The number of esters is 1. The van der Waals surface area contributed by atoms with Crippen molar-refractivity contribution < 1.29 is 29.1 Å².